The Hall–Kier alpha value is -0.740. The van der Waals surface area contributed by atoms with Crippen LogP contribution in [0.2, 0.25) is 0 Å². The van der Waals surface area contributed by atoms with Crippen LogP contribution >= 0.6 is 0 Å². The Bertz CT molecular complexity index is 129. The number of carbonyl (C=O) groups is 1. The summed E-state index contributed by atoms with van der Waals surface area (Å²) in [5.41, 5.74) is 0. The predicted molar refractivity (Wildman–Crippen MR) is 27.3 cm³/mol. The fraction of sp³-hybridized carbons (Fsp3) is 0.800. The van der Waals surface area contributed by atoms with E-state index in [1.54, 1.807) is 0 Å². The molecule has 0 bridgehead atoms. The van der Waals surface area contributed by atoms with Gasteiger partial charge in [-0.1, -0.05) is 0 Å². The number of carbonyl (C=O) groups excluding carboxylic acids is 1. The molecule has 2 nitrogen and oxygen atoms in total. The Morgan fingerprint density at radius 3 is 2.00 bits per heavy atom. The number of hydrogen-bond donors (Lipinski definition) is 0. The first-order valence-corrected chi connectivity index (χ1v) is 2.58. The first kappa shape index (κ1) is 9.26. The van der Waals surface area contributed by atoms with Crippen molar-refractivity contribution in [2.24, 2.45) is 0 Å². The average molecular weight is 156 g/mol. The van der Waals surface area contributed by atoms with Crippen LogP contribution < -0.4 is 0 Å². The number of alkyl halides is 3. The molecule has 0 saturated heterocycles. The van der Waals surface area contributed by atoms with Crippen molar-refractivity contribution in [1.29, 1.82) is 0 Å². The van der Waals surface area contributed by atoms with Gasteiger partial charge < -0.3 is 4.74 Å². The van der Waals surface area contributed by atoms with E-state index in [2.05, 4.69) is 4.74 Å². The Labute approximate surface area is 56.0 Å². The Morgan fingerprint density at radius 1 is 1.50 bits per heavy atom. The molecule has 0 saturated carbocycles. The molecule has 0 amide bonds. The standard InChI is InChI=1S/C5H7F3O2/c1-3(5(6,7)8)10-4(2)9/h3H,1-2H3/t3-/m0/s1. The minimum atomic E-state index is -4.45. The zero-order valence-corrected chi connectivity index (χ0v) is 5.53. The number of ether oxygens (including phenoxy) is 1. The third-order valence-corrected chi connectivity index (χ3v) is 0.804. The molecule has 0 radical (unpaired) electrons. The van der Waals surface area contributed by atoms with Crippen molar-refractivity contribution in [3.05, 3.63) is 0 Å². The maximum atomic E-state index is 11.5. The van der Waals surface area contributed by atoms with E-state index >= 15 is 0 Å². The molecule has 1 atom stereocenters. The molecule has 0 aromatic heterocycles. The summed E-state index contributed by atoms with van der Waals surface area (Å²) in [5.74, 6) is -0.926. The Morgan fingerprint density at radius 2 is 1.90 bits per heavy atom. The SMILES string of the molecule is CC(=O)O[C@@H](C)C(F)(F)F. The van der Waals surface area contributed by atoms with Gasteiger partial charge in [0.15, 0.2) is 6.10 Å². The highest BCUT2D eigenvalue weighted by molar-refractivity contribution is 5.66. The average Bonchev–Trinajstić information content (AvgIpc) is 1.60. The number of esters is 1. The smallest absolute Gasteiger partial charge is 0.425 e. The summed E-state index contributed by atoms with van der Waals surface area (Å²) in [6.07, 6.45) is -6.46. The number of hydrogen-bond acceptors (Lipinski definition) is 2. The van der Waals surface area contributed by atoms with E-state index in [0.717, 1.165) is 13.8 Å². The maximum Gasteiger partial charge on any atom is 0.425 e. The summed E-state index contributed by atoms with van der Waals surface area (Å²) in [7, 11) is 0. The Balaban J connectivity index is 3.85. The van der Waals surface area contributed by atoms with Crippen LogP contribution in [0.25, 0.3) is 0 Å². The maximum absolute atomic E-state index is 11.5. The van der Waals surface area contributed by atoms with Gasteiger partial charge in [-0.25, -0.2) is 0 Å². The molecular formula is C5H7F3O2. The van der Waals surface area contributed by atoms with Gasteiger partial charge in [-0.05, 0) is 6.92 Å². The molecule has 0 N–H and O–H groups in total. The molecule has 0 unspecified atom stereocenters. The minimum absolute atomic E-state index is 0.779. The highest BCUT2D eigenvalue weighted by Gasteiger charge is 2.38. The molecule has 0 fully saturated rings. The van der Waals surface area contributed by atoms with Gasteiger partial charge in [-0.3, -0.25) is 4.79 Å². The van der Waals surface area contributed by atoms with E-state index in [1.165, 1.54) is 0 Å². The van der Waals surface area contributed by atoms with Gasteiger partial charge in [0.25, 0.3) is 0 Å². The highest BCUT2D eigenvalue weighted by Crippen LogP contribution is 2.21. The molecular weight excluding hydrogens is 149 g/mol. The number of rotatable bonds is 1. The Kier molecular flexibility index (Phi) is 2.68. The quantitative estimate of drug-likeness (QED) is 0.538. The van der Waals surface area contributed by atoms with Crippen LogP contribution in [0.4, 0.5) is 13.2 Å². The largest absolute Gasteiger partial charge is 0.453 e. The molecule has 0 aromatic rings. The van der Waals surface area contributed by atoms with E-state index in [1.807, 2.05) is 0 Å². The summed E-state index contributed by atoms with van der Waals surface area (Å²) in [5, 5.41) is 0. The van der Waals surface area contributed by atoms with Crippen LogP contribution in [0.15, 0.2) is 0 Å². The molecule has 0 aliphatic carbocycles. The van der Waals surface area contributed by atoms with Gasteiger partial charge in [-0.2, -0.15) is 13.2 Å². The molecule has 0 aliphatic rings. The zero-order valence-electron chi connectivity index (χ0n) is 5.53. The molecule has 0 heterocycles. The van der Waals surface area contributed by atoms with Crippen molar-refractivity contribution < 1.29 is 22.7 Å². The fourth-order valence-electron chi connectivity index (χ4n) is 0.316. The van der Waals surface area contributed by atoms with Gasteiger partial charge in [0.05, 0.1) is 0 Å². The van der Waals surface area contributed by atoms with E-state index in [-0.39, 0.29) is 0 Å². The monoisotopic (exact) mass is 156 g/mol. The van der Waals surface area contributed by atoms with E-state index in [0.29, 0.717) is 0 Å². The predicted octanol–water partition coefficient (Wildman–Crippen LogP) is 1.50. The third-order valence-electron chi connectivity index (χ3n) is 0.804. The van der Waals surface area contributed by atoms with Gasteiger partial charge in [0.1, 0.15) is 0 Å². The molecule has 0 rings (SSSR count). The zero-order chi connectivity index (χ0) is 8.36. The van der Waals surface area contributed by atoms with Crippen molar-refractivity contribution in [2.75, 3.05) is 0 Å². The van der Waals surface area contributed by atoms with Crippen LogP contribution in [0.3, 0.4) is 0 Å². The van der Waals surface area contributed by atoms with Crippen LogP contribution in [0.5, 0.6) is 0 Å². The van der Waals surface area contributed by atoms with Gasteiger partial charge in [0, 0.05) is 6.92 Å². The molecule has 0 spiro atoms. The van der Waals surface area contributed by atoms with Crippen molar-refractivity contribution >= 4 is 5.97 Å². The van der Waals surface area contributed by atoms with Crippen molar-refractivity contribution in [3.8, 4) is 0 Å². The summed E-state index contributed by atoms with van der Waals surface area (Å²) in [4.78, 5) is 9.98. The van der Waals surface area contributed by atoms with Gasteiger partial charge >= 0.3 is 12.1 Å². The van der Waals surface area contributed by atoms with Gasteiger partial charge in [0.2, 0.25) is 0 Å². The normalized spacial score (nSPS) is 14.5. The molecule has 5 heteroatoms. The lowest BCUT2D eigenvalue weighted by atomic mass is 10.4. The summed E-state index contributed by atoms with van der Waals surface area (Å²) < 4.78 is 38.4. The van der Waals surface area contributed by atoms with E-state index in [4.69, 9.17) is 0 Å². The second-order valence-corrected chi connectivity index (χ2v) is 1.79. The lowest BCUT2D eigenvalue weighted by Gasteiger charge is -2.14. The van der Waals surface area contributed by atoms with E-state index in [9.17, 15) is 18.0 Å². The molecule has 10 heavy (non-hydrogen) atoms. The van der Waals surface area contributed by atoms with Crippen LogP contribution in [-0.2, 0) is 9.53 Å². The minimum Gasteiger partial charge on any atom is -0.453 e. The second kappa shape index (κ2) is 2.90. The summed E-state index contributed by atoms with van der Waals surface area (Å²) in [6, 6.07) is 0. The lowest BCUT2D eigenvalue weighted by molar-refractivity contribution is -0.214. The number of halogens is 3. The third kappa shape index (κ3) is 3.32. The van der Waals surface area contributed by atoms with E-state index < -0.39 is 18.2 Å². The molecule has 0 aliphatic heterocycles. The molecule has 60 valence electrons. The summed E-state index contributed by atoms with van der Waals surface area (Å²) >= 11 is 0. The second-order valence-electron chi connectivity index (χ2n) is 1.79. The highest BCUT2D eigenvalue weighted by atomic mass is 19.4. The fourth-order valence-corrected chi connectivity index (χ4v) is 0.316. The van der Waals surface area contributed by atoms with Crippen molar-refractivity contribution in [3.63, 3.8) is 0 Å². The summed E-state index contributed by atoms with van der Waals surface area (Å²) in [6.45, 7) is 1.71. The van der Waals surface area contributed by atoms with Crippen LogP contribution in [0.1, 0.15) is 13.8 Å². The van der Waals surface area contributed by atoms with Crippen molar-refractivity contribution in [1.82, 2.24) is 0 Å². The van der Waals surface area contributed by atoms with Crippen molar-refractivity contribution in [2.45, 2.75) is 26.1 Å². The lowest BCUT2D eigenvalue weighted by Crippen LogP contribution is -2.29. The molecule has 0 aromatic carbocycles. The van der Waals surface area contributed by atoms with Gasteiger partial charge in [-0.15, -0.1) is 0 Å². The van der Waals surface area contributed by atoms with Crippen LogP contribution in [-0.4, -0.2) is 18.2 Å². The first-order chi connectivity index (χ1) is 4.34. The first-order valence-electron chi connectivity index (χ1n) is 2.58. The topological polar surface area (TPSA) is 26.3 Å². The van der Waals surface area contributed by atoms with Crippen LogP contribution in [0, 0.1) is 0 Å².